The minimum absolute atomic E-state index is 0.329. The van der Waals surface area contributed by atoms with E-state index in [9.17, 15) is 5.11 Å². The van der Waals surface area contributed by atoms with Crippen LogP contribution in [0.25, 0.3) is 0 Å². The maximum atomic E-state index is 9.64. The molecule has 0 spiro atoms. The van der Waals surface area contributed by atoms with E-state index in [1.165, 1.54) is 24.8 Å². The van der Waals surface area contributed by atoms with E-state index >= 15 is 0 Å². The molecular formula is C13H24O. The molecule has 0 heterocycles. The number of aliphatic hydroxyl groups is 1. The Hall–Kier alpha value is -0.300. The van der Waals surface area contributed by atoms with Crippen LogP contribution in [0.4, 0.5) is 0 Å². The molecule has 1 aliphatic rings. The summed E-state index contributed by atoms with van der Waals surface area (Å²) in [6, 6.07) is 0. The second kappa shape index (κ2) is 4.48. The van der Waals surface area contributed by atoms with Crippen molar-refractivity contribution in [3.63, 3.8) is 0 Å². The fourth-order valence-corrected chi connectivity index (χ4v) is 2.04. The first-order valence-corrected chi connectivity index (χ1v) is 5.77. The van der Waals surface area contributed by atoms with Crippen LogP contribution in [0.1, 0.15) is 53.4 Å². The van der Waals surface area contributed by atoms with Gasteiger partial charge in [0.1, 0.15) is 0 Å². The van der Waals surface area contributed by atoms with Crippen LogP contribution in [0.15, 0.2) is 11.6 Å². The molecular weight excluding hydrogens is 172 g/mol. The van der Waals surface area contributed by atoms with E-state index in [-0.39, 0.29) is 5.60 Å². The van der Waals surface area contributed by atoms with Crippen LogP contribution in [0.2, 0.25) is 0 Å². The predicted molar refractivity (Wildman–Crippen MR) is 61.2 cm³/mol. The Bertz CT molecular complexity index is 211. The highest BCUT2D eigenvalue weighted by atomic mass is 16.3. The van der Waals surface area contributed by atoms with E-state index in [1.807, 2.05) is 6.92 Å². The smallest absolute Gasteiger partial charge is 0.0652 e. The average Bonchev–Trinajstić information content (AvgIpc) is 2.57. The molecule has 1 heteroatoms. The summed E-state index contributed by atoms with van der Waals surface area (Å²) in [5.74, 6) is 1.33. The highest BCUT2D eigenvalue weighted by Gasteiger charge is 2.48. The number of rotatable bonds is 5. The lowest BCUT2D eigenvalue weighted by atomic mass is 9.97. The zero-order valence-electron chi connectivity index (χ0n) is 10.0. The molecule has 0 amide bonds. The molecule has 1 N–H and O–H groups in total. The van der Waals surface area contributed by atoms with Gasteiger partial charge in [-0.25, -0.2) is 0 Å². The Morgan fingerprint density at radius 2 is 2.14 bits per heavy atom. The molecule has 0 aromatic rings. The zero-order valence-corrected chi connectivity index (χ0v) is 10.0. The van der Waals surface area contributed by atoms with Crippen LogP contribution >= 0.6 is 0 Å². The molecule has 0 bridgehead atoms. The van der Waals surface area contributed by atoms with Gasteiger partial charge in [0.15, 0.2) is 0 Å². The lowest BCUT2D eigenvalue weighted by Gasteiger charge is -2.10. The Kier molecular flexibility index (Phi) is 3.77. The molecule has 0 aromatic carbocycles. The first-order valence-electron chi connectivity index (χ1n) is 5.77. The van der Waals surface area contributed by atoms with Gasteiger partial charge in [-0.3, -0.25) is 0 Å². The fourth-order valence-electron chi connectivity index (χ4n) is 2.04. The van der Waals surface area contributed by atoms with Gasteiger partial charge in [-0.1, -0.05) is 18.6 Å². The van der Waals surface area contributed by atoms with Crippen molar-refractivity contribution in [3.05, 3.63) is 11.6 Å². The number of hydrogen-bond donors (Lipinski definition) is 1. The van der Waals surface area contributed by atoms with Gasteiger partial charge in [-0.05, 0) is 58.3 Å². The quantitative estimate of drug-likeness (QED) is 0.667. The molecule has 0 saturated heterocycles. The van der Waals surface area contributed by atoms with Gasteiger partial charge >= 0.3 is 0 Å². The van der Waals surface area contributed by atoms with Crippen LogP contribution < -0.4 is 0 Å². The summed E-state index contributed by atoms with van der Waals surface area (Å²) >= 11 is 0. The summed E-state index contributed by atoms with van der Waals surface area (Å²) in [6.45, 7) is 8.56. The third-order valence-electron chi connectivity index (χ3n) is 3.28. The van der Waals surface area contributed by atoms with E-state index in [0.29, 0.717) is 5.92 Å². The Morgan fingerprint density at radius 1 is 1.57 bits per heavy atom. The lowest BCUT2D eigenvalue weighted by molar-refractivity contribution is 0.145. The molecule has 82 valence electrons. The number of hydrogen-bond acceptors (Lipinski definition) is 1. The van der Waals surface area contributed by atoms with Crippen molar-refractivity contribution < 1.29 is 5.11 Å². The molecule has 1 rings (SSSR count). The van der Waals surface area contributed by atoms with Crippen molar-refractivity contribution in [3.8, 4) is 0 Å². The SMILES string of the molecule is CC(C)=CCCC(C)C[C@@H]1C[C@@]1(C)O. The molecule has 1 nitrogen and oxygen atoms in total. The predicted octanol–water partition coefficient (Wildman–Crippen LogP) is 3.53. The zero-order chi connectivity index (χ0) is 10.8. The van der Waals surface area contributed by atoms with Gasteiger partial charge < -0.3 is 5.11 Å². The molecule has 14 heavy (non-hydrogen) atoms. The summed E-state index contributed by atoms with van der Waals surface area (Å²) in [5, 5.41) is 9.64. The molecule has 1 fully saturated rings. The fraction of sp³-hybridized carbons (Fsp3) is 0.846. The summed E-state index contributed by atoms with van der Waals surface area (Å²) in [7, 11) is 0. The largest absolute Gasteiger partial charge is 0.390 e. The Morgan fingerprint density at radius 3 is 2.57 bits per heavy atom. The van der Waals surface area contributed by atoms with Crippen molar-refractivity contribution in [2.75, 3.05) is 0 Å². The maximum absolute atomic E-state index is 9.64. The van der Waals surface area contributed by atoms with Crippen molar-refractivity contribution in [2.24, 2.45) is 11.8 Å². The number of allylic oxidation sites excluding steroid dienone is 2. The topological polar surface area (TPSA) is 20.2 Å². The summed E-state index contributed by atoms with van der Waals surface area (Å²) < 4.78 is 0. The molecule has 1 unspecified atom stereocenters. The average molecular weight is 196 g/mol. The molecule has 1 saturated carbocycles. The van der Waals surface area contributed by atoms with E-state index in [4.69, 9.17) is 0 Å². The van der Waals surface area contributed by atoms with Crippen molar-refractivity contribution in [1.29, 1.82) is 0 Å². The van der Waals surface area contributed by atoms with Crippen LogP contribution in [-0.4, -0.2) is 10.7 Å². The van der Waals surface area contributed by atoms with E-state index < -0.39 is 0 Å². The molecule has 0 radical (unpaired) electrons. The molecule has 3 atom stereocenters. The van der Waals surface area contributed by atoms with Gasteiger partial charge in [0.25, 0.3) is 0 Å². The normalized spacial score (nSPS) is 32.5. The van der Waals surface area contributed by atoms with Gasteiger partial charge in [0.05, 0.1) is 5.60 Å². The standard InChI is InChI=1S/C13H24O/c1-10(2)6-5-7-11(3)8-12-9-13(12,4)14/h6,11-12,14H,5,7-9H2,1-4H3/t11?,12-,13-/m1/s1. The molecule has 0 aliphatic heterocycles. The van der Waals surface area contributed by atoms with E-state index in [2.05, 4.69) is 26.8 Å². The van der Waals surface area contributed by atoms with Crippen molar-refractivity contribution >= 4 is 0 Å². The first-order chi connectivity index (χ1) is 6.42. The Labute approximate surface area is 88.2 Å². The summed E-state index contributed by atoms with van der Waals surface area (Å²) in [6.07, 6.45) is 6.97. The van der Waals surface area contributed by atoms with Crippen LogP contribution in [0, 0.1) is 11.8 Å². The minimum atomic E-state index is -0.329. The monoisotopic (exact) mass is 196 g/mol. The van der Waals surface area contributed by atoms with Gasteiger partial charge in [0.2, 0.25) is 0 Å². The molecule has 0 aromatic heterocycles. The maximum Gasteiger partial charge on any atom is 0.0652 e. The van der Waals surface area contributed by atoms with Crippen LogP contribution in [0.3, 0.4) is 0 Å². The summed E-state index contributed by atoms with van der Waals surface area (Å²) in [4.78, 5) is 0. The van der Waals surface area contributed by atoms with Gasteiger partial charge in [-0.2, -0.15) is 0 Å². The van der Waals surface area contributed by atoms with Crippen LogP contribution in [-0.2, 0) is 0 Å². The second-order valence-corrected chi connectivity index (χ2v) is 5.46. The van der Waals surface area contributed by atoms with Gasteiger partial charge in [0, 0.05) is 0 Å². The Balaban J connectivity index is 2.11. The second-order valence-electron chi connectivity index (χ2n) is 5.46. The minimum Gasteiger partial charge on any atom is -0.390 e. The van der Waals surface area contributed by atoms with Crippen LogP contribution in [0.5, 0.6) is 0 Å². The van der Waals surface area contributed by atoms with Gasteiger partial charge in [-0.15, -0.1) is 0 Å². The highest BCUT2D eigenvalue weighted by molar-refractivity contribution is 5.00. The molecule has 1 aliphatic carbocycles. The summed E-state index contributed by atoms with van der Waals surface area (Å²) in [5.41, 5.74) is 1.08. The van der Waals surface area contributed by atoms with Crippen molar-refractivity contribution in [2.45, 2.75) is 59.0 Å². The first kappa shape index (κ1) is 11.8. The lowest BCUT2D eigenvalue weighted by Crippen LogP contribution is -2.06. The van der Waals surface area contributed by atoms with E-state index in [0.717, 1.165) is 12.3 Å². The van der Waals surface area contributed by atoms with E-state index in [1.54, 1.807) is 0 Å². The van der Waals surface area contributed by atoms with Crippen molar-refractivity contribution in [1.82, 2.24) is 0 Å². The highest BCUT2D eigenvalue weighted by Crippen LogP contribution is 2.47. The third kappa shape index (κ3) is 3.83. The third-order valence-corrected chi connectivity index (χ3v) is 3.28.